The van der Waals surface area contributed by atoms with E-state index in [2.05, 4.69) is 10.4 Å². The second-order valence-electron chi connectivity index (χ2n) is 5.72. The number of aryl methyl sites for hydroxylation is 2. The van der Waals surface area contributed by atoms with Gasteiger partial charge in [-0.05, 0) is 47.6 Å². The van der Waals surface area contributed by atoms with Crippen LogP contribution in [0.1, 0.15) is 50.8 Å². The summed E-state index contributed by atoms with van der Waals surface area (Å²) in [6.07, 6.45) is 0. The lowest BCUT2D eigenvalue weighted by Gasteiger charge is -2.22. The number of aromatic nitrogens is 2. The number of ether oxygens (including phenoxy) is 1. The Balaban J connectivity index is 2.72. The number of hydrogen-bond donors (Lipinski definition) is 1. The van der Waals surface area contributed by atoms with Gasteiger partial charge in [0.25, 0.3) is 5.91 Å². The molecule has 6 nitrogen and oxygen atoms in total. The lowest BCUT2D eigenvalue weighted by atomic mass is 10.2. The first-order valence-electron chi connectivity index (χ1n) is 6.72. The first kappa shape index (κ1) is 16.2. The molecule has 0 aromatic carbocycles. The van der Waals surface area contributed by atoms with Crippen LogP contribution in [-0.4, -0.2) is 33.3 Å². The molecule has 0 aliphatic heterocycles. The van der Waals surface area contributed by atoms with Gasteiger partial charge < -0.3 is 10.1 Å². The summed E-state index contributed by atoms with van der Waals surface area (Å²) in [7, 11) is 0. The minimum atomic E-state index is -0.706. The van der Waals surface area contributed by atoms with Crippen molar-refractivity contribution >= 4 is 11.9 Å². The molecule has 112 valence electrons. The smallest absolute Gasteiger partial charge is 0.328 e. The highest BCUT2D eigenvalue weighted by molar-refractivity contribution is 5.95. The van der Waals surface area contributed by atoms with Gasteiger partial charge >= 0.3 is 5.97 Å². The van der Waals surface area contributed by atoms with Crippen molar-refractivity contribution in [2.24, 2.45) is 0 Å². The third-order valence-electron chi connectivity index (χ3n) is 2.54. The van der Waals surface area contributed by atoms with Crippen LogP contribution in [0.25, 0.3) is 0 Å². The van der Waals surface area contributed by atoms with Crippen molar-refractivity contribution in [3.63, 3.8) is 0 Å². The van der Waals surface area contributed by atoms with E-state index >= 15 is 0 Å². The van der Waals surface area contributed by atoms with Crippen LogP contribution in [0.15, 0.2) is 6.07 Å². The molecule has 1 atom stereocenters. The number of nitrogens with zero attached hydrogens (tertiary/aromatic N) is 2. The van der Waals surface area contributed by atoms with Gasteiger partial charge in [0, 0.05) is 6.54 Å². The normalized spacial score (nSPS) is 12.9. The fourth-order valence-corrected chi connectivity index (χ4v) is 1.69. The van der Waals surface area contributed by atoms with E-state index in [1.165, 1.54) is 0 Å². The fraction of sp³-hybridized carbons (Fsp3) is 0.643. The van der Waals surface area contributed by atoms with Crippen molar-refractivity contribution in [3.8, 4) is 0 Å². The van der Waals surface area contributed by atoms with E-state index in [0.29, 0.717) is 12.2 Å². The average Bonchev–Trinajstić information content (AvgIpc) is 2.68. The Kier molecular flexibility index (Phi) is 4.92. The zero-order valence-electron chi connectivity index (χ0n) is 13.0. The minimum Gasteiger partial charge on any atom is -0.458 e. The monoisotopic (exact) mass is 281 g/mol. The zero-order chi connectivity index (χ0) is 15.5. The van der Waals surface area contributed by atoms with Gasteiger partial charge in [-0.25, -0.2) is 4.79 Å². The first-order chi connectivity index (χ1) is 9.14. The molecule has 6 heteroatoms. The number of amides is 1. The molecule has 0 saturated heterocycles. The Morgan fingerprint density at radius 1 is 1.45 bits per heavy atom. The number of rotatable bonds is 4. The van der Waals surface area contributed by atoms with E-state index in [9.17, 15) is 9.59 Å². The molecule has 0 radical (unpaired) electrons. The molecule has 0 spiro atoms. The molecule has 1 aromatic rings. The molecule has 0 unspecified atom stereocenters. The third kappa shape index (κ3) is 4.36. The summed E-state index contributed by atoms with van der Waals surface area (Å²) in [5.41, 5.74) is 0.639. The molecule has 0 aliphatic carbocycles. The molecule has 1 amide bonds. The van der Waals surface area contributed by atoms with Gasteiger partial charge in [0.2, 0.25) is 0 Å². The molecule has 20 heavy (non-hydrogen) atoms. The Morgan fingerprint density at radius 2 is 2.05 bits per heavy atom. The highest BCUT2D eigenvalue weighted by Gasteiger charge is 2.24. The lowest BCUT2D eigenvalue weighted by molar-refractivity contribution is -0.156. The largest absolute Gasteiger partial charge is 0.458 e. The number of hydrogen-bond acceptors (Lipinski definition) is 4. The summed E-state index contributed by atoms with van der Waals surface area (Å²) < 4.78 is 6.83. The second-order valence-corrected chi connectivity index (χ2v) is 5.72. The number of esters is 1. The summed E-state index contributed by atoms with van der Waals surface area (Å²) in [5, 5.41) is 6.83. The maximum Gasteiger partial charge on any atom is 0.328 e. The number of carbonyl (C=O) groups excluding carboxylic acids is 2. The van der Waals surface area contributed by atoms with E-state index < -0.39 is 17.6 Å². The molecule has 1 aromatic heterocycles. The Hall–Kier alpha value is -1.85. The summed E-state index contributed by atoms with van der Waals surface area (Å²) in [6, 6.07) is 0.989. The Labute approximate surface area is 119 Å². The molecular formula is C14H23N3O3. The molecule has 0 saturated carbocycles. The van der Waals surface area contributed by atoms with Crippen molar-refractivity contribution in [2.45, 2.75) is 59.7 Å². The summed E-state index contributed by atoms with van der Waals surface area (Å²) in [5.74, 6) is -0.782. The maximum atomic E-state index is 12.1. The fourth-order valence-electron chi connectivity index (χ4n) is 1.69. The van der Waals surface area contributed by atoms with E-state index in [-0.39, 0.29) is 5.91 Å². The van der Waals surface area contributed by atoms with Gasteiger partial charge in [-0.2, -0.15) is 5.10 Å². The van der Waals surface area contributed by atoms with Crippen LogP contribution in [0.5, 0.6) is 0 Å². The average molecular weight is 281 g/mol. The highest BCUT2D eigenvalue weighted by atomic mass is 16.6. The van der Waals surface area contributed by atoms with Gasteiger partial charge in [0.15, 0.2) is 0 Å². The quantitative estimate of drug-likeness (QED) is 0.852. The van der Waals surface area contributed by atoms with E-state index in [0.717, 1.165) is 5.69 Å². The molecule has 1 rings (SSSR count). The van der Waals surface area contributed by atoms with Crippen LogP contribution < -0.4 is 5.32 Å². The third-order valence-corrected chi connectivity index (χ3v) is 2.54. The van der Waals surface area contributed by atoms with Crippen LogP contribution in [0.4, 0.5) is 0 Å². The van der Waals surface area contributed by atoms with Gasteiger partial charge in [-0.3, -0.25) is 9.48 Å². The van der Waals surface area contributed by atoms with Crippen LogP contribution in [0.3, 0.4) is 0 Å². The van der Waals surface area contributed by atoms with Crippen molar-refractivity contribution < 1.29 is 14.3 Å². The number of carbonyl (C=O) groups is 2. The number of nitrogens with one attached hydrogen (secondary N) is 1. The standard InChI is InChI=1S/C14H23N3O3/c1-7-17-11(8-9(2)16-17)12(18)15-10(3)13(19)20-14(4,5)6/h8,10H,7H2,1-6H3,(H,15,18)/t10-/m0/s1. The Morgan fingerprint density at radius 3 is 2.55 bits per heavy atom. The summed E-state index contributed by atoms with van der Waals surface area (Å²) in [4.78, 5) is 24.0. The van der Waals surface area contributed by atoms with Crippen molar-refractivity contribution in [2.75, 3.05) is 0 Å². The Bertz CT molecular complexity index is 500. The molecule has 1 heterocycles. The molecule has 0 fully saturated rings. The SMILES string of the molecule is CCn1nc(C)cc1C(=O)N[C@@H](C)C(=O)OC(C)(C)C. The van der Waals surface area contributed by atoms with Crippen LogP contribution in [0, 0.1) is 6.92 Å². The molecule has 0 aliphatic rings. The molecular weight excluding hydrogens is 258 g/mol. The predicted molar refractivity (Wildman–Crippen MR) is 75.4 cm³/mol. The minimum absolute atomic E-state index is 0.328. The van der Waals surface area contributed by atoms with Gasteiger partial charge in [0.1, 0.15) is 17.3 Å². The van der Waals surface area contributed by atoms with Crippen molar-refractivity contribution in [1.29, 1.82) is 0 Å². The van der Waals surface area contributed by atoms with Crippen LogP contribution >= 0.6 is 0 Å². The topological polar surface area (TPSA) is 73.2 Å². The predicted octanol–water partition coefficient (Wildman–Crippen LogP) is 1.67. The van der Waals surface area contributed by atoms with Crippen LogP contribution in [-0.2, 0) is 16.1 Å². The van der Waals surface area contributed by atoms with Crippen LogP contribution in [0.2, 0.25) is 0 Å². The maximum absolute atomic E-state index is 12.1. The van der Waals surface area contributed by atoms with E-state index in [1.807, 2.05) is 13.8 Å². The second kappa shape index (κ2) is 6.07. The molecule has 1 N–H and O–H groups in total. The molecule has 0 bridgehead atoms. The first-order valence-corrected chi connectivity index (χ1v) is 6.72. The van der Waals surface area contributed by atoms with Gasteiger partial charge in [-0.15, -0.1) is 0 Å². The highest BCUT2D eigenvalue weighted by Crippen LogP contribution is 2.09. The van der Waals surface area contributed by atoms with Gasteiger partial charge in [0.05, 0.1) is 5.69 Å². The summed E-state index contributed by atoms with van der Waals surface area (Å²) in [6.45, 7) is 11.3. The van der Waals surface area contributed by atoms with E-state index in [4.69, 9.17) is 4.74 Å². The van der Waals surface area contributed by atoms with Crippen molar-refractivity contribution in [3.05, 3.63) is 17.5 Å². The lowest BCUT2D eigenvalue weighted by Crippen LogP contribution is -2.42. The van der Waals surface area contributed by atoms with Crippen molar-refractivity contribution in [1.82, 2.24) is 15.1 Å². The summed E-state index contributed by atoms with van der Waals surface area (Å²) >= 11 is 0. The zero-order valence-corrected chi connectivity index (χ0v) is 13.0. The van der Waals surface area contributed by atoms with E-state index in [1.54, 1.807) is 38.4 Å². The van der Waals surface area contributed by atoms with Gasteiger partial charge in [-0.1, -0.05) is 0 Å².